The Morgan fingerprint density at radius 3 is 2.61 bits per heavy atom. The number of methoxy groups -OCH3 is 1. The minimum Gasteiger partial charge on any atom is -0.481 e. The van der Waals surface area contributed by atoms with Gasteiger partial charge >= 0.3 is 5.97 Å². The van der Waals surface area contributed by atoms with Gasteiger partial charge in [0, 0.05) is 10.0 Å². The molecule has 0 saturated carbocycles. The molecule has 0 fully saturated rings. The molecule has 7 heteroatoms. The molecular formula is C21H19BrN2O4. The molecule has 0 radical (unpaired) electrons. The Bertz CT molecular complexity index is 920. The van der Waals surface area contributed by atoms with Crippen LogP contribution in [-0.2, 0) is 14.3 Å². The summed E-state index contributed by atoms with van der Waals surface area (Å²) in [6.45, 7) is 1.56. The fraction of sp³-hybridized carbons (Fsp3) is 0.190. The van der Waals surface area contributed by atoms with Crippen LogP contribution in [0, 0.1) is 11.3 Å². The average molecular weight is 443 g/mol. The standard InChI is InChI=1S/C21H19BrN2O4/c1-14(15-6-4-3-5-7-15)24-21(26)17(12-23)10-16-11-18(22)8-9-19(16)28-13-20(25)27-2/h3-11,14H,13H2,1-2H3,(H,24,26)/b17-10-/t14-/m1/s1. The first kappa shape index (κ1) is 21.2. The van der Waals surface area contributed by atoms with E-state index < -0.39 is 11.9 Å². The summed E-state index contributed by atoms with van der Waals surface area (Å²) in [5, 5.41) is 12.3. The first-order valence-corrected chi connectivity index (χ1v) is 9.20. The normalized spacial score (nSPS) is 11.9. The fourth-order valence-electron chi connectivity index (χ4n) is 2.36. The molecule has 0 saturated heterocycles. The van der Waals surface area contributed by atoms with Gasteiger partial charge in [-0.1, -0.05) is 46.3 Å². The molecule has 2 aromatic carbocycles. The molecule has 0 aromatic heterocycles. The van der Waals surface area contributed by atoms with Gasteiger partial charge in [0.1, 0.15) is 17.4 Å². The van der Waals surface area contributed by atoms with Crippen LogP contribution in [0.3, 0.4) is 0 Å². The van der Waals surface area contributed by atoms with E-state index in [0.29, 0.717) is 11.3 Å². The van der Waals surface area contributed by atoms with Gasteiger partial charge in [-0.2, -0.15) is 5.26 Å². The third kappa shape index (κ3) is 5.96. The predicted octanol–water partition coefficient (Wildman–Crippen LogP) is 3.79. The van der Waals surface area contributed by atoms with Crippen molar-refractivity contribution in [2.45, 2.75) is 13.0 Å². The van der Waals surface area contributed by atoms with Crippen LogP contribution in [-0.4, -0.2) is 25.6 Å². The smallest absolute Gasteiger partial charge is 0.343 e. The van der Waals surface area contributed by atoms with Crippen LogP contribution in [0.4, 0.5) is 0 Å². The molecular weight excluding hydrogens is 424 g/mol. The quantitative estimate of drug-likeness (QED) is 0.400. The maximum atomic E-state index is 12.5. The molecule has 1 N–H and O–H groups in total. The molecule has 1 atom stereocenters. The number of ether oxygens (including phenoxy) is 2. The first-order chi connectivity index (χ1) is 13.4. The number of rotatable bonds is 7. The van der Waals surface area contributed by atoms with Crippen molar-refractivity contribution in [3.8, 4) is 11.8 Å². The van der Waals surface area contributed by atoms with Crippen LogP contribution < -0.4 is 10.1 Å². The average Bonchev–Trinajstić information content (AvgIpc) is 2.71. The number of nitrogens with one attached hydrogen (secondary N) is 1. The number of benzene rings is 2. The number of amides is 1. The molecule has 28 heavy (non-hydrogen) atoms. The number of hydrogen-bond donors (Lipinski definition) is 1. The van der Waals surface area contributed by atoms with E-state index in [-0.39, 0.29) is 18.2 Å². The number of esters is 1. The Morgan fingerprint density at radius 2 is 1.96 bits per heavy atom. The van der Waals surface area contributed by atoms with E-state index >= 15 is 0 Å². The van der Waals surface area contributed by atoms with Gasteiger partial charge in [0.25, 0.3) is 5.91 Å². The van der Waals surface area contributed by atoms with Gasteiger partial charge in [0.15, 0.2) is 6.61 Å². The third-order valence-corrected chi connectivity index (χ3v) is 4.35. The highest BCUT2D eigenvalue weighted by Gasteiger charge is 2.15. The second-order valence-corrected chi connectivity index (χ2v) is 6.74. The van der Waals surface area contributed by atoms with Crippen molar-refractivity contribution in [1.29, 1.82) is 5.26 Å². The van der Waals surface area contributed by atoms with E-state index in [1.165, 1.54) is 13.2 Å². The van der Waals surface area contributed by atoms with E-state index in [9.17, 15) is 14.9 Å². The second kappa shape index (κ2) is 10.3. The summed E-state index contributed by atoms with van der Waals surface area (Å²) in [5.74, 6) is -0.684. The van der Waals surface area contributed by atoms with Crippen molar-refractivity contribution < 1.29 is 19.1 Å². The topological polar surface area (TPSA) is 88.4 Å². The molecule has 0 heterocycles. The molecule has 1 amide bonds. The predicted molar refractivity (Wildman–Crippen MR) is 108 cm³/mol. The molecule has 6 nitrogen and oxygen atoms in total. The maximum absolute atomic E-state index is 12.5. The number of nitrogens with zero attached hydrogens (tertiary/aromatic N) is 1. The van der Waals surface area contributed by atoms with Crippen molar-refractivity contribution in [3.05, 3.63) is 69.7 Å². The Labute approximate surface area is 171 Å². The maximum Gasteiger partial charge on any atom is 0.343 e. The first-order valence-electron chi connectivity index (χ1n) is 8.41. The third-order valence-electron chi connectivity index (χ3n) is 3.86. The van der Waals surface area contributed by atoms with Crippen LogP contribution in [0.2, 0.25) is 0 Å². The largest absolute Gasteiger partial charge is 0.481 e. The number of carbonyl (C=O) groups is 2. The summed E-state index contributed by atoms with van der Waals surface area (Å²) in [6, 6.07) is 16.2. The minimum absolute atomic E-state index is 0.0798. The summed E-state index contributed by atoms with van der Waals surface area (Å²) in [7, 11) is 1.26. The van der Waals surface area contributed by atoms with Gasteiger partial charge < -0.3 is 14.8 Å². The SMILES string of the molecule is COC(=O)COc1ccc(Br)cc1/C=C(/C#N)C(=O)N[C@H](C)c1ccccc1. The molecule has 0 aliphatic heterocycles. The Morgan fingerprint density at radius 1 is 1.25 bits per heavy atom. The molecule has 0 spiro atoms. The highest BCUT2D eigenvalue weighted by atomic mass is 79.9. The lowest BCUT2D eigenvalue weighted by atomic mass is 10.1. The zero-order valence-electron chi connectivity index (χ0n) is 15.4. The van der Waals surface area contributed by atoms with Crippen molar-refractivity contribution in [1.82, 2.24) is 5.32 Å². The molecule has 2 aromatic rings. The van der Waals surface area contributed by atoms with Crippen molar-refractivity contribution in [2.24, 2.45) is 0 Å². The molecule has 0 aliphatic rings. The van der Waals surface area contributed by atoms with Gasteiger partial charge in [-0.05, 0) is 36.8 Å². The number of hydrogen-bond acceptors (Lipinski definition) is 5. The minimum atomic E-state index is -0.534. The van der Waals surface area contributed by atoms with E-state index in [1.807, 2.05) is 43.3 Å². The number of halogens is 1. The Balaban J connectivity index is 2.23. The number of nitriles is 1. The van der Waals surface area contributed by atoms with Gasteiger partial charge in [0.2, 0.25) is 0 Å². The fourth-order valence-corrected chi connectivity index (χ4v) is 2.74. The van der Waals surface area contributed by atoms with E-state index in [4.69, 9.17) is 4.74 Å². The van der Waals surface area contributed by atoms with E-state index in [0.717, 1.165) is 10.0 Å². The Hall–Kier alpha value is -3.11. The summed E-state index contributed by atoms with van der Waals surface area (Å²) < 4.78 is 10.7. The summed E-state index contributed by atoms with van der Waals surface area (Å²) >= 11 is 3.35. The monoisotopic (exact) mass is 442 g/mol. The highest BCUT2D eigenvalue weighted by molar-refractivity contribution is 9.10. The van der Waals surface area contributed by atoms with Crippen LogP contribution in [0.25, 0.3) is 6.08 Å². The molecule has 0 aliphatic carbocycles. The summed E-state index contributed by atoms with van der Waals surface area (Å²) in [6.07, 6.45) is 1.42. The zero-order valence-corrected chi connectivity index (χ0v) is 17.0. The van der Waals surface area contributed by atoms with Gasteiger partial charge in [0.05, 0.1) is 13.2 Å². The van der Waals surface area contributed by atoms with Crippen LogP contribution in [0.15, 0.2) is 58.6 Å². The second-order valence-electron chi connectivity index (χ2n) is 5.82. The van der Waals surface area contributed by atoms with Gasteiger partial charge in [-0.25, -0.2) is 4.79 Å². The van der Waals surface area contributed by atoms with Crippen LogP contribution in [0.5, 0.6) is 5.75 Å². The summed E-state index contributed by atoms with van der Waals surface area (Å²) in [4.78, 5) is 23.9. The zero-order chi connectivity index (χ0) is 20.5. The lowest BCUT2D eigenvalue weighted by molar-refractivity contribution is -0.142. The van der Waals surface area contributed by atoms with Crippen LogP contribution in [0.1, 0.15) is 24.1 Å². The summed E-state index contributed by atoms with van der Waals surface area (Å²) in [5.41, 5.74) is 1.33. The lowest BCUT2D eigenvalue weighted by Crippen LogP contribution is -2.27. The van der Waals surface area contributed by atoms with Crippen LogP contribution >= 0.6 is 15.9 Å². The highest BCUT2D eigenvalue weighted by Crippen LogP contribution is 2.26. The van der Waals surface area contributed by atoms with Crippen molar-refractivity contribution >= 4 is 33.9 Å². The number of carbonyl (C=O) groups excluding carboxylic acids is 2. The molecule has 0 unspecified atom stereocenters. The van der Waals surface area contributed by atoms with Gasteiger partial charge in [-0.3, -0.25) is 4.79 Å². The van der Waals surface area contributed by atoms with E-state index in [1.54, 1.807) is 18.2 Å². The van der Waals surface area contributed by atoms with Gasteiger partial charge in [-0.15, -0.1) is 0 Å². The molecule has 2 rings (SSSR count). The Kier molecular flexibility index (Phi) is 7.78. The van der Waals surface area contributed by atoms with Crippen molar-refractivity contribution in [3.63, 3.8) is 0 Å². The lowest BCUT2D eigenvalue weighted by Gasteiger charge is -2.14. The van der Waals surface area contributed by atoms with E-state index in [2.05, 4.69) is 26.0 Å². The molecule has 144 valence electrons. The molecule has 0 bridgehead atoms. The van der Waals surface area contributed by atoms with Crippen molar-refractivity contribution in [2.75, 3.05) is 13.7 Å².